The molecule has 27 heavy (non-hydrogen) atoms. The van der Waals surface area contributed by atoms with Crippen LogP contribution in [0.4, 0.5) is 5.82 Å². The summed E-state index contributed by atoms with van der Waals surface area (Å²) in [6, 6.07) is 8.85. The molecule has 6 heteroatoms. The third-order valence-corrected chi connectivity index (χ3v) is 5.61. The first kappa shape index (κ1) is 18.6. The molecule has 2 aliphatic rings. The van der Waals surface area contributed by atoms with Gasteiger partial charge in [0.1, 0.15) is 5.82 Å². The lowest BCUT2D eigenvalue weighted by molar-refractivity contribution is 0.0342. The molecule has 0 saturated carbocycles. The molecule has 2 aromatic rings. The van der Waals surface area contributed by atoms with Crippen LogP contribution in [-0.2, 0) is 11.3 Å². The Bertz CT molecular complexity index is 768. The lowest BCUT2D eigenvalue weighted by Crippen LogP contribution is -2.48. The van der Waals surface area contributed by atoms with E-state index < -0.39 is 0 Å². The molecule has 2 saturated heterocycles. The van der Waals surface area contributed by atoms with Gasteiger partial charge >= 0.3 is 0 Å². The van der Waals surface area contributed by atoms with Crippen LogP contribution in [0.3, 0.4) is 0 Å². The summed E-state index contributed by atoms with van der Waals surface area (Å²) in [5.74, 6) is 1.13. The number of aryl methyl sites for hydroxylation is 1. The highest BCUT2D eigenvalue weighted by Crippen LogP contribution is 2.27. The van der Waals surface area contributed by atoms with Gasteiger partial charge in [-0.05, 0) is 24.6 Å². The van der Waals surface area contributed by atoms with Crippen molar-refractivity contribution in [3.63, 3.8) is 0 Å². The van der Waals surface area contributed by atoms with E-state index in [1.165, 1.54) is 16.5 Å². The predicted octanol–water partition coefficient (Wildman–Crippen LogP) is 1.49. The lowest BCUT2D eigenvalue weighted by atomic mass is 10.1. The van der Waals surface area contributed by atoms with E-state index >= 15 is 0 Å². The number of aromatic nitrogens is 1. The molecule has 0 atom stereocenters. The first-order valence-corrected chi connectivity index (χ1v) is 10.0. The average Bonchev–Trinajstić information content (AvgIpc) is 2.69. The van der Waals surface area contributed by atoms with Crippen molar-refractivity contribution < 1.29 is 9.84 Å². The van der Waals surface area contributed by atoms with E-state index in [-0.39, 0.29) is 6.61 Å². The molecule has 0 unspecified atom stereocenters. The number of rotatable bonds is 5. The molecule has 3 heterocycles. The fraction of sp³-hybridized carbons (Fsp3) is 0.571. The molecular formula is C21H30N4O2. The van der Waals surface area contributed by atoms with Crippen molar-refractivity contribution in [3.05, 3.63) is 35.4 Å². The number of β-amino-alcohol motifs (C(OH)–C–C–N with tert-alkyl or cyclic N) is 1. The Morgan fingerprint density at radius 1 is 1.00 bits per heavy atom. The fourth-order valence-corrected chi connectivity index (χ4v) is 4.03. The SMILES string of the molecule is Cc1ccc2cc(CN3CCOCC3)c(N3CCN(CCO)CC3)nc2c1. The molecule has 0 bridgehead atoms. The maximum atomic E-state index is 9.19. The first-order chi connectivity index (χ1) is 13.2. The van der Waals surface area contributed by atoms with Gasteiger partial charge in [0, 0.05) is 63.3 Å². The summed E-state index contributed by atoms with van der Waals surface area (Å²) in [5.41, 5.74) is 3.63. The summed E-state index contributed by atoms with van der Waals surface area (Å²) >= 11 is 0. The summed E-state index contributed by atoms with van der Waals surface area (Å²) in [6.07, 6.45) is 0. The van der Waals surface area contributed by atoms with E-state index in [0.29, 0.717) is 0 Å². The number of aliphatic hydroxyl groups excluding tert-OH is 1. The molecule has 1 aromatic carbocycles. The third-order valence-electron chi connectivity index (χ3n) is 5.61. The Morgan fingerprint density at radius 2 is 1.78 bits per heavy atom. The highest BCUT2D eigenvalue weighted by atomic mass is 16.5. The molecule has 0 aliphatic carbocycles. The minimum Gasteiger partial charge on any atom is -0.395 e. The van der Waals surface area contributed by atoms with Crippen LogP contribution in [0.1, 0.15) is 11.1 Å². The van der Waals surface area contributed by atoms with E-state index in [1.54, 1.807) is 0 Å². The van der Waals surface area contributed by atoms with Gasteiger partial charge in [0.2, 0.25) is 0 Å². The highest BCUT2D eigenvalue weighted by molar-refractivity contribution is 5.82. The van der Waals surface area contributed by atoms with Crippen LogP contribution in [0.15, 0.2) is 24.3 Å². The predicted molar refractivity (Wildman–Crippen MR) is 108 cm³/mol. The summed E-state index contributed by atoms with van der Waals surface area (Å²) in [7, 11) is 0. The highest BCUT2D eigenvalue weighted by Gasteiger charge is 2.22. The summed E-state index contributed by atoms with van der Waals surface area (Å²) in [5, 5.41) is 10.4. The minimum atomic E-state index is 0.232. The molecule has 0 radical (unpaired) electrons. The molecular weight excluding hydrogens is 340 g/mol. The maximum absolute atomic E-state index is 9.19. The zero-order valence-electron chi connectivity index (χ0n) is 16.2. The molecule has 2 fully saturated rings. The Labute approximate surface area is 161 Å². The van der Waals surface area contributed by atoms with Crippen molar-refractivity contribution in [2.45, 2.75) is 13.5 Å². The van der Waals surface area contributed by atoms with Gasteiger partial charge in [0.15, 0.2) is 0 Å². The zero-order chi connectivity index (χ0) is 18.6. The van der Waals surface area contributed by atoms with Crippen LogP contribution < -0.4 is 4.90 Å². The molecule has 1 aromatic heterocycles. The van der Waals surface area contributed by atoms with Crippen LogP contribution in [-0.4, -0.2) is 85.5 Å². The quantitative estimate of drug-likeness (QED) is 0.861. The van der Waals surface area contributed by atoms with Crippen molar-refractivity contribution in [1.82, 2.24) is 14.8 Å². The number of piperazine rings is 1. The number of hydrogen-bond acceptors (Lipinski definition) is 6. The monoisotopic (exact) mass is 370 g/mol. The van der Waals surface area contributed by atoms with Gasteiger partial charge in [-0.15, -0.1) is 0 Å². The van der Waals surface area contributed by atoms with Crippen molar-refractivity contribution in [1.29, 1.82) is 0 Å². The number of pyridine rings is 1. The van der Waals surface area contributed by atoms with Gasteiger partial charge in [-0.25, -0.2) is 4.98 Å². The van der Waals surface area contributed by atoms with Crippen LogP contribution in [0.25, 0.3) is 10.9 Å². The lowest BCUT2D eigenvalue weighted by Gasteiger charge is -2.36. The van der Waals surface area contributed by atoms with Crippen molar-refractivity contribution in [3.8, 4) is 0 Å². The molecule has 0 spiro atoms. The first-order valence-electron chi connectivity index (χ1n) is 10.0. The van der Waals surface area contributed by atoms with Crippen LogP contribution in [0.2, 0.25) is 0 Å². The average molecular weight is 370 g/mol. The minimum absolute atomic E-state index is 0.232. The van der Waals surface area contributed by atoms with Crippen LogP contribution in [0.5, 0.6) is 0 Å². The molecule has 6 nitrogen and oxygen atoms in total. The molecule has 4 rings (SSSR count). The van der Waals surface area contributed by atoms with E-state index in [9.17, 15) is 5.11 Å². The molecule has 146 valence electrons. The Kier molecular flexibility index (Phi) is 5.88. The normalized spacial score (nSPS) is 19.7. The van der Waals surface area contributed by atoms with E-state index in [2.05, 4.69) is 45.9 Å². The second-order valence-corrected chi connectivity index (χ2v) is 7.61. The number of fused-ring (bicyclic) bond motifs is 1. The van der Waals surface area contributed by atoms with E-state index in [4.69, 9.17) is 9.72 Å². The summed E-state index contributed by atoms with van der Waals surface area (Å²) in [6.45, 7) is 11.5. The number of ether oxygens (including phenoxy) is 1. The number of benzene rings is 1. The number of morpholine rings is 1. The Morgan fingerprint density at radius 3 is 2.52 bits per heavy atom. The second-order valence-electron chi connectivity index (χ2n) is 7.61. The summed E-state index contributed by atoms with van der Waals surface area (Å²) in [4.78, 5) is 12.3. The summed E-state index contributed by atoms with van der Waals surface area (Å²) < 4.78 is 5.51. The third kappa shape index (κ3) is 4.41. The van der Waals surface area contributed by atoms with E-state index in [1.807, 2.05) is 0 Å². The largest absolute Gasteiger partial charge is 0.395 e. The van der Waals surface area contributed by atoms with Gasteiger partial charge in [-0.1, -0.05) is 12.1 Å². The van der Waals surface area contributed by atoms with Crippen LogP contribution in [0, 0.1) is 6.92 Å². The fourth-order valence-electron chi connectivity index (χ4n) is 4.03. The van der Waals surface area contributed by atoms with Gasteiger partial charge in [0.05, 0.1) is 25.3 Å². The smallest absolute Gasteiger partial charge is 0.133 e. The van der Waals surface area contributed by atoms with Gasteiger partial charge in [-0.3, -0.25) is 9.80 Å². The number of hydrogen-bond donors (Lipinski definition) is 1. The Balaban J connectivity index is 1.62. The zero-order valence-corrected chi connectivity index (χ0v) is 16.2. The number of aliphatic hydroxyl groups is 1. The van der Waals surface area contributed by atoms with Crippen LogP contribution >= 0.6 is 0 Å². The number of anilines is 1. The molecule has 2 aliphatic heterocycles. The van der Waals surface area contributed by atoms with Gasteiger partial charge in [-0.2, -0.15) is 0 Å². The molecule has 1 N–H and O–H groups in total. The second kappa shape index (κ2) is 8.52. The van der Waals surface area contributed by atoms with Crippen molar-refractivity contribution in [2.75, 3.05) is 70.5 Å². The van der Waals surface area contributed by atoms with Crippen molar-refractivity contribution >= 4 is 16.7 Å². The topological polar surface area (TPSA) is 52.1 Å². The van der Waals surface area contributed by atoms with Gasteiger partial charge in [0.25, 0.3) is 0 Å². The Hall–Kier alpha value is -1.73. The maximum Gasteiger partial charge on any atom is 0.133 e. The van der Waals surface area contributed by atoms with Gasteiger partial charge < -0.3 is 14.7 Å². The van der Waals surface area contributed by atoms with Crippen molar-refractivity contribution in [2.24, 2.45) is 0 Å². The molecule has 0 amide bonds. The standard InChI is InChI=1S/C21H30N4O2/c1-17-2-3-18-15-19(16-24-9-12-27-13-10-24)21(22-20(18)14-17)25-6-4-23(5-7-25)8-11-26/h2-3,14-15,26H,4-13,16H2,1H3. The van der Waals surface area contributed by atoms with E-state index in [0.717, 1.165) is 76.9 Å². The number of nitrogens with zero attached hydrogens (tertiary/aromatic N) is 4.